The van der Waals surface area contributed by atoms with Crippen molar-refractivity contribution in [3.63, 3.8) is 0 Å². The van der Waals surface area contributed by atoms with Crippen molar-refractivity contribution in [3.8, 4) is 0 Å². The molecular formula is C18H25NO. The Kier molecular flexibility index (Phi) is 4.11. The zero-order valence-corrected chi connectivity index (χ0v) is 12.6. The summed E-state index contributed by atoms with van der Waals surface area (Å²) in [5.41, 5.74) is 2.33. The van der Waals surface area contributed by atoms with E-state index in [2.05, 4.69) is 43.4 Å². The highest BCUT2D eigenvalue weighted by atomic mass is 16.3. The first-order valence-electron chi connectivity index (χ1n) is 8.01. The fourth-order valence-corrected chi connectivity index (χ4v) is 3.41. The van der Waals surface area contributed by atoms with Crippen LogP contribution in [0.2, 0.25) is 0 Å². The average Bonchev–Trinajstić information content (AvgIpc) is 2.88. The summed E-state index contributed by atoms with van der Waals surface area (Å²) in [4.78, 5) is 0. The summed E-state index contributed by atoms with van der Waals surface area (Å²) >= 11 is 0. The van der Waals surface area contributed by atoms with Gasteiger partial charge < -0.3 is 9.73 Å². The number of furan rings is 1. The van der Waals surface area contributed by atoms with E-state index in [1.807, 2.05) is 0 Å². The smallest absolute Gasteiger partial charge is 0.134 e. The van der Waals surface area contributed by atoms with Crippen molar-refractivity contribution in [2.45, 2.75) is 57.9 Å². The Balaban J connectivity index is 1.86. The molecule has 1 aromatic carbocycles. The first kappa shape index (κ1) is 13.7. The van der Waals surface area contributed by atoms with E-state index < -0.39 is 0 Å². The summed E-state index contributed by atoms with van der Waals surface area (Å²) in [6.07, 6.45) is 6.39. The van der Waals surface area contributed by atoms with Crippen LogP contribution in [0.4, 0.5) is 0 Å². The van der Waals surface area contributed by atoms with Gasteiger partial charge in [0.25, 0.3) is 0 Å². The van der Waals surface area contributed by atoms with E-state index in [0.717, 1.165) is 12.1 Å². The van der Waals surface area contributed by atoms with Crippen LogP contribution < -0.4 is 5.32 Å². The van der Waals surface area contributed by atoms with Gasteiger partial charge >= 0.3 is 0 Å². The van der Waals surface area contributed by atoms with Crippen LogP contribution in [0.1, 0.15) is 56.3 Å². The third kappa shape index (κ3) is 2.76. The van der Waals surface area contributed by atoms with Crippen LogP contribution in [0.25, 0.3) is 11.0 Å². The number of hydrogen-bond donors (Lipinski definition) is 1. The standard InChI is InChI=1S/C18H25NO/c1-3-10-19-16-7-5-4-6-15(16)18-12-14-11-13(2)8-9-17(14)20-18/h8-9,11-12,15-16,19H,3-7,10H2,1-2H3. The number of benzene rings is 1. The second kappa shape index (κ2) is 6.01. The van der Waals surface area contributed by atoms with Crippen LogP contribution in [-0.4, -0.2) is 12.6 Å². The maximum atomic E-state index is 6.13. The lowest BCUT2D eigenvalue weighted by atomic mass is 9.83. The van der Waals surface area contributed by atoms with Crippen LogP contribution in [0.5, 0.6) is 0 Å². The number of fused-ring (bicyclic) bond motifs is 1. The molecule has 1 N–H and O–H groups in total. The molecule has 3 rings (SSSR count). The molecule has 2 heteroatoms. The zero-order chi connectivity index (χ0) is 13.9. The molecule has 2 nitrogen and oxygen atoms in total. The maximum Gasteiger partial charge on any atom is 0.134 e. The Morgan fingerprint density at radius 1 is 1.20 bits per heavy atom. The third-order valence-corrected chi connectivity index (χ3v) is 4.48. The molecule has 2 aromatic rings. The minimum atomic E-state index is 0.544. The fraction of sp³-hybridized carbons (Fsp3) is 0.556. The first-order chi connectivity index (χ1) is 9.78. The molecule has 1 heterocycles. The van der Waals surface area contributed by atoms with Gasteiger partial charge in [-0.05, 0) is 50.9 Å². The van der Waals surface area contributed by atoms with Gasteiger partial charge in [0, 0.05) is 17.3 Å². The quantitative estimate of drug-likeness (QED) is 0.866. The minimum absolute atomic E-state index is 0.544. The molecule has 1 saturated carbocycles. The van der Waals surface area contributed by atoms with Gasteiger partial charge in [-0.15, -0.1) is 0 Å². The summed E-state index contributed by atoms with van der Waals surface area (Å²) in [6.45, 7) is 5.48. The van der Waals surface area contributed by atoms with E-state index >= 15 is 0 Å². The highest BCUT2D eigenvalue weighted by Gasteiger charge is 2.28. The lowest BCUT2D eigenvalue weighted by Gasteiger charge is -2.31. The van der Waals surface area contributed by atoms with E-state index in [4.69, 9.17) is 4.42 Å². The molecular weight excluding hydrogens is 246 g/mol. The second-order valence-corrected chi connectivity index (χ2v) is 6.14. The van der Waals surface area contributed by atoms with Gasteiger partial charge in [0.1, 0.15) is 11.3 Å². The Morgan fingerprint density at radius 3 is 2.90 bits per heavy atom. The zero-order valence-electron chi connectivity index (χ0n) is 12.6. The molecule has 1 fully saturated rings. The molecule has 1 aromatic heterocycles. The highest BCUT2D eigenvalue weighted by Crippen LogP contribution is 2.36. The first-order valence-corrected chi connectivity index (χ1v) is 8.01. The van der Waals surface area contributed by atoms with Crippen molar-refractivity contribution in [1.82, 2.24) is 5.32 Å². The minimum Gasteiger partial charge on any atom is -0.461 e. The van der Waals surface area contributed by atoms with E-state index in [1.54, 1.807) is 0 Å². The largest absolute Gasteiger partial charge is 0.461 e. The Morgan fingerprint density at radius 2 is 2.05 bits per heavy atom. The Hall–Kier alpha value is -1.28. The lowest BCUT2D eigenvalue weighted by Crippen LogP contribution is -2.37. The molecule has 108 valence electrons. The van der Waals surface area contributed by atoms with Crippen LogP contribution in [-0.2, 0) is 0 Å². The topological polar surface area (TPSA) is 25.2 Å². The van der Waals surface area contributed by atoms with E-state index in [1.165, 1.54) is 48.8 Å². The highest BCUT2D eigenvalue weighted by molar-refractivity contribution is 5.78. The molecule has 0 saturated heterocycles. The third-order valence-electron chi connectivity index (χ3n) is 4.48. The van der Waals surface area contributed by atoms with Gasteiger partial charge in [-0.2, -0.15) is 0 Å². The molecule has 2 atom stereocenters. The molecule has 0 bridgehead atoms. The average molecular weight is 271 g/mol. The number of rotatable bonds is 4. The van der Waals surface area contributed by atoms with Gasteiger partial charge in [-0.3, -0.25) is 0 Å². The number of hydrogen-bond acceptors (Lipinski definition) is 2. The van der Waals surface area contributed by atoms with Crippen molar-refractivity contribution < 1.29 is 4.42 Å². The summed E-state index contributed by atoms with van der Waals surface area (Å²) in [5.74, 6) is 1.72. The summed E-state index contributed by atoms with van der Waals surface area (Å²) in [7, 11) is 0. The number of aryl methyl sites for hydroxylation is 1. The monoisotopic (exact) mass is 271 g/mol. The van der Waals surface area contributed by atoms with Crippen molar-refractivity contribution in [2.75, 3.05) is 6.54 Å². The van der Waals surface area contributed by atoms with Crippen molar-refractivity contribution >= 4 is 11.0 Å². The Bertz CT molecular complexity index is 572. The lowest BCUT2D eigenvalue weighted by molar-refractivity contribution is 0.297. The molecule has 1 aliphatic carbocycles. The summed E-state index contributed by atoms with van der Waals surface area (Å²) in [5, 5.41) is 4.97. The molecule has 0 spiro atoms. The van der Waals surface area contributed by atoms with Crippen LogP contribution >= 0.6 is 0 Å². The van der Waals surface area contributed by atoms with Gasteiger partial charge in [-0.1, -0.05) is 31.4 Å². The number of nitrogens with one attached hydrogen (secondary N) is 1. The molecule has 1 aliphatic rings. The predicted octanol–water partition coefficient (Wildman–Crippen LogP) is 4.77. The normalized spacial score (nSPS) is 23.3. The van der Waals surface area contributed by atoms with E-state index in [-0.39, 0.29) is 0 Å². The second-order valence-electron chi connectivity index (χ2n) is 6.14. The molecule has 0 aliphatic heterocycles. The van der Waals surface area contributed by atoms with Gasteiger partial charge in [0.15, 0.2) is 0 Å². The van der Waals surface area contributed by atoms with Crippen LogP contribution in [0.3, 0.4) is 0 Å². The Labute approximate surface area is 121 Å². The summed E-state index contributed by atoms with van der Waals surface area (Å²) in [6, 6.07) is 9.30. The maximum absolute atomic E-state index is 6.13. The fourth-order valence-electron chi connectivity index (χ4n) is 3.41. The van der Waals surface area contributed by atoms with Crippen LogP contribution in [0, 0.1) is 6.92 Å². The van der Waals surface area contributed by atoms with Crippen molar-refractivity contribution in [2.24, 2.45) is 0 Å². The van der Waals surface area contributed by atoms with Crippen molar-refractivity contribution in [3.05, 3.63) is 35.6 Å². The molecule has 20 heavy (non-hydrogen) atoms. The van der Waals surface area contributed by atoms with Crippen LogP contribution in [0.15, 0.2) is 28.7 Å². The van der Waals surface area contributed by atoms with Gasteiger partial charge in [0.05, 0.1) is 0 Å². The molecule has 0 radical (unpaired) electrons. The SMILES string of the molecule is CCCNC1CCCCC1c1cc2cc(C)ccc2o1. The van der Waals surface area contributed by atoms with Gasteiger partial charge in [-0.25, -0.2) is 0 Å². The molecule has 0 amide bonds. The van der Waals surface area contributed by atoms with Crippen molar-refractivity contribution in [1.29, 1.82) is 0 Å². The van der Waals surface area contributed by atoms with E-state index in [0.29, 0.717) is 12.0 Å². The van der Waals surface area contributed by atoms with Gasteiger partial charge in [0.2, 0.25) is 0 Å². The van der Waals surface area contributed by atoms with E-state index in [9.17, 15) is 0 Å². The summed E-state index contributed by atoms with van der Waals surface area (Å²) < 4.78 is 6.13. The molecule has 2 unspecified atom stereocenters. The predicted molar refractivity (Wildman–Crippen MR) is 84.2 cm³/mol.